The topological polar surface area (TPSA) is 45.2 Å². The van der Waals surface area contributed by atoms with E-state index in [1.807, 2.05) is 18.3 Å². The van der Waals surface area contributed by atoms with Crippen LogP contribution < -0.4 is 10.2 Å². The van der Waals surface area contributed by atoms with Gasteiger partial charge in [0.15, 0.2) is 0 Å². The number of hydrogen-bond acceptors (Lipinski definition) is 2. The van der Waals surface area contributed by atoms with E-state index in [0.717, 1.165) is 17.7 Å². The largest absolute Gasteiger partial charge is 0.327 e. The van der Waals surface area contributed by atoms with Crippen LogP contribution in [0.4, 0.5) is 10.6 Å². The van der Waals surface area contributed by atoms with Crippen molar-refractivity contribution < 1.29 is 4.79 Å². The molecule has 0 radical (unpaired) electrons. The molecule has 0 bridgehead atoms. The molecule has 1 saturated heterocycles. The number of amides is 2. The third-order valence-corrected chi connectivity index (χ3v) is 3.06. The van der Waals surface area contributed by atoms with E-state index in [2.05, 4.69) is 37.7 Å². The summed E-state index contributed by atoms with van der Waals surface area (Å²) in [6.45, 7) is 10.8. The number of rotatable bonds is 1. The number of nitrogens with zero attached hydrogens (tertiary/aromatic N) is 2. The monoisotopic (exact) mass is 245 g/mol. The van der Waals surface area contributed by atoms with E-state index >= 15 is 0 Å². The lowest BCUT2D eigenvalue weighted by Crippen LogP contribution is -2.45. The third-order valence-electron chi connectivity index (χ3n) is 3.06. The highest BCUT2D eigenvalue weighted by atomic mass is 16.2. The smallest absolute Gasteiger partial charge is 0.312 e. The Morgan fingerprint density at radius 1 is 1.39 bits per heavy atom. The molecule has 1 N–H and O–H groups in total. The minimum Gasteiger partial charge on any atom is -0.312 e. The molecule has 0 atom stereocenters. The van der Waals surface area contributed by atoms with E-state index in [0.29, 0.717) is 12.4 Å². The number of urea groups is 1. The fourth-order valence-electron chi connectivity index (χ4n) is 1.84. The van der Waals surface area contributed by atoms with Gasteiger partial charge in [-0.2, -0.15) is 0 Å². The molecule has 0 aliphatic carbocycles. The second kappa shape index (κ2) is 4.44. The van der Waals surface area contributed by atoms with Crippen molar-refractivity contribution in [3.05, 3.63) is 36.2 Å². The standard InChI is InChI=1S/C14H19N3O/c1-10-7-8-17(13(18)16-10)12-6-5-11(9-15-12)14(2,3)4/h5-6,9H,1,7-8H2,2-4H3,(H,16,18). The Balaban J connectivity index is 2.20. The summed E-state index contributed by atoms with van der Waals surface area (Å²) in [5, 5.41) is 2.73. The quantitative estimate of drug-likeness (QED) is 0.827. The molecule has 1 aliphatic heterocycles. The number of aromatic nitrogens is 1. The lowest BCUT2D eigenvalue weighted by molar-refractivity contribution is 0.246. The Labute approximate surface area is 108 Å². The van der Waals surface area contributed by atoms with Crippen molar-refractivity contribution in [2.75, 3.05) is 11.4 Å². The van der Waals surface area contributed by atoms with E-state index in [9.17, 15) is 4.79 Å². The summed E-state index contributed by atoms with van der Waals surface area (Å²) in [4.78, 5) is 17.8. The molecule has 1 aromatic rings. The molecule has 0 spiro atoms. The van der Waals surface area contributed by atoms with Gasteiger partial charge in [-0.25, -0.2) is 9.78 Å². The molecule has 2 heterocycles. The molecule has 2 rings (SSSR count). The summed E-state index contributed by atoms with van der Waals surface area (Å²) in [6, 6.07) is 3.77. The van der Waals surface area contributed by atoms with E-state index in [1.54, 1.807) is 4.90 Å². The maximum atomic E-state index is 11.8. The summed E-state index contributed by atoms with van der Waals surface area (Å²) in [5.74, 6) is 0.688. The minimum absolute atomic E-state index is 0.0734. The van der Waals surface area contributed by atoms with E-state index in [4.69, 9.17) is 0 Å². The number of hydrogen-bond donors (Lipinski definition) is 1. The van der Waals surface area contributed by atoms with E-state index < -0.39 is 0 Å². The SMILES string of the molecule is C=C1CCN(c2ccc(C(C)(C)C)cn2)C(=O)N1. The molecule has 18 heavy (non-hydrogen) atoms. The van der Waals surface area contributed by atoms with Crippen LogP contribution in [-0.4, -0.2) is 17.6 Å². The Hall–Kier alpha value is -1.84. The van der Waals surface area contributed by atoms with Crippen LogP contribution in [0.3, 0.4) is 0 Å². The van der Waals surface area contributed by atoms with Crippen LogP contribution in [0.1, 0.15) is 32.8 Å². The van der Waals surface area contributed by atoms with E-state index in [1.165, 1.54) is 0 Å². The lowest BCUT2D eigenvalue weighted by atomic mass is 9.88. The van der Waals surface area contributed by atoms with Crippen LogP contribution in [0.5, 0.6) is 0 Å². The Morgan fingerprint density at radius 2 is 2.11 bits per heavy atom. The van der Waals surface area contributed by atoms with Crippen molar-refractivity contribution >= 4 is 11.8 Å². The van der Waals surface area contributed by atoms with E-state index in [-0.39, 0.29) is 11.4 Å². The Kier molecular flexibility index (Phi) is 3.11. The van der Waals surface area contributed by atoms with Crippen LogP contribution in [0.25, 0.3) is 0 Å². The van der Waals surface area contributed by atoms with Crippen LogP contribution in [0.2, 0.25) is 0 Å². The normalized spacial score (nSPS) is 16.7. The summed E-state index contributed by atoms with van der Waals surface area (Å²) >= 11 is 0. The van der Waals surface area contributed by atoms with Gasteiger partial charge in [0.25, 0.3) is 0 Å². The second-order valence-electron chi connectivity index (χ2n) is 5.59. The van der Waals surface area contributed by atoms with Gasteiger partial charge in [0, 0.05) is 24.9 Å². The number of carbonyl (C=O) groups excluding carboxylic acids is 1. The zero-order valence-corrected chi connectivity index (χ0v) is 11.2. The fourth-order valence-corrected chi connectivity index (χ4v) is 1.84. The minimum atomic E-state index is -0.151. The van der Waals surface area contributed by atoms with Gasteiger partial charge in [-0.1, -0.05) is 33.4 Å². The molecule has 1 aromatic heterocycles. The summed E-state index contributed by atoms with van der Waals surface area (Å²) < 4.78 is 0. The van der Waals surface area contributed by atoms with Gasteiger partial charge in [0.2, 0.25) is 0 Å². The summed E-state index contributed by atoms with van der Waals surface area (Å²) in [6.07, 6.45) is 2.60. The first-order valence-corrected chi connectivity index (χ1v) is 6.11. The second-order valence-corrected chi connectivity index (χ2v) is 5.59. The third kappa shape index (κ3) is 2.53. The molecule has 4 heteroatoms. The van der Waals surface area contributed by atoms with Crippen LogP contribution in [0, 0.1) is 0 Å². The van der Waals surface area contributed by atoms with Crippen molar-refractivity contribution in [1.29, 1.82) is 0 Å². The summed E-state index contributed by atoms with van der Waals surface area (Å²) in [7, 11) is 0. The van der Waals surface area contributed by atoms with Crippen molar-refractivity contribution in [1.82, 2.24) is 10.3 Å². The van der Waals surface area contributed by atoms with Crippen LogP contribution >= 0.6 is 0 Å². The molecule has 0 unspecified atom stereocenters. The van der Waals surface area contributed by atoms with Gasteiger partial charge in [-0.05, 0) is 17.0 Å². The number of carbonyl (C=O) groups is 1. The molecule has 96 valence electrons. The molecule has 0 aromatic carbocycles. The van der Waals surface area contributed by atoms with Crippen molar-refractivity contribution in [3.8, 4) is 0 Å². The van der Waals surface area contributed by atoms with Gasteiger partial charge >= 0.3 is 6.03 Å². The highest BCUT2D eigenvalue weighted by molar-refractivity contribution is 5.93. The molecule has 1 aliphatic rings. The zero-order chi connectivity index (χ0) is 13.3. The van der Waals surface area contributed by atoms with Crippen LogP contribution in [0.15, 0.2) is 30.6 Å². The first-order valence-electron chi connectivity index (χ1n) is 6.11. The zero-order valence-electron chi connectivity index (χ0n) is 11.2. The van der Waals surface area contributed by atoms with Crippen molar-refractivity contribution in [2.45, 2.75) is 32.6 Å². The number of anilines is 1. The average Bonchev–Trinajstić information content (AvgIpc) is 2.28. The Bertz CT molecular complexity index is 471. The predicted octanol–water partition coefficient (Wildman–Crippen LogP) is 2.81. The molecular formula is C14H19N3O. The van der Waals surface area contributed by atoms with Gasteiger partial charge in [0.05, 0.1) is 0 Å². The molecule has 4 nitrogen and oxygen atoms in total. The molecular weight excluding hydrogens is 226 g/mol. The first-order chi connectivity index (χ1) is 8.38. The number of pyridine rings is 1. The van der Waals surface area contributed by atoms with Crippen molar-refractivity contribution in [3.63, 3.8) is 0 Å². The predicted molar refractivity (Wildman–Crippen MR) is 72.6 cm³/mol. The van der Waals surface area contributed by atoms with Gasteiger partial charge < -0.3 is 5.32 Å². The maximum Gasteiger partial charge on any atom is 0.327 e. The highest BCUT2D eigenvalue weighted by Crippen LogP contribution is 2.23. The fraction of sp³-hybridized carbons (Fsp3) is 0.429. The number of nitrogens with one attached hydrogen (secondary N) is 1. The maximum absolute atomic E-state index is 11.8. The van der Waals surface area contributed by atoms with Gasteiger partial charge in [-0.15, -0.1) is 0 Å². The lowest BCUT2D eigenvalue weighted by Gasteiger charge is -2.28. The molecule has 1 fully saturated rings. The van der Waals surface area contributed by atoms with Gasteiger partial charge in [0.1, 0.15) is 5.82 Å². The molecule has 0 saturated carbocycles. The molecule has 2 amide bonds. The van der Waals surface area contributed by atoms with Crippen LogP contribution in [-0.2, 0) is 5.41 Å². The first kappa shape index (κ1) is 12.6. The van der Waals surface area contributed by atoms with Crippen molar-refractivity contribution in [2.24, 2.45) is 0 Å². The Morgan fingerprint density at radius 3 is 2.61 bits per heavy atom. The van der Waals surface area contributed by atoms with Gasteiger partial charge in [-0.3, -0.25) is 4.90 Å². The summed E-state index contributed by atoms with van der Waals surface area (Å²) in [5.41, 5.74) is 2.00. The highest BCUT2D eigenvalue weighted by Gasteiger charge is 2.22. The average molecular weight is 245 g/mol.